The number of likely N-dealkylation sites (tertiary alicyclic amines) is 1. The number of hydrogen-bond acceptors (Lipinski definition) is 2. The summed E-state index contributed by atoms with van der Waals surface area (Å²) >= 11 is 3.53. The molecule has 1 unspecified atom stereocenters. The minimum atomic E-state index is 0.415. The molecule has 0 aliphatic carbocycles. The van der Waals surface area contributed by atoms with E-state index in [-0.39, 0.29) is 0 Å². The second kappa shape index (κ2) is 6.69. The molecule has 18 heavy (non-hydrogen) atoms. The molecule has 100 valence electrons. The lowest BCUT2D eigenvalue weighted by Gasteiger charge is -2.33. The highest BCUT2D eigenvalue weighted by Crippen LogP contribution is 2.19. The average Bonchev–Trinajstić information content (AvgIpc) is 2.37. The highest BCUT2D eigenvalue weighted by molar-refractivity contribution is 9.10. The van der Waals surface area contributed by atoms with E-state index >= 15 is 0 Å². The Kier molecular flexibility index (Phi) is 5.22. The Morgan fingerprint density at radius 1 is 1.44 bits per heavy atom. The van der Waals surface area contributed by atoms with E-state index in [1.807, 2.05) is 0 Å². The summed E-state index contributed by atoms with van der Waals surface area (Å²) < 4.78 is 1.16. The molecule has 1 aliphatic heterocycles. The van der Waals surface area contributed by atoms with Crippen LogP contribution in [-0.4, -0.2) is 31.1 Å². The minimum absolute atomic E-state index is 0.415. The maximum Gasteiger partial charge on any atom is 0.0292 e. The lowest BCUT2D eigenvalue weighted by atomic mass is 10.0. The maximum absolute atomic E-state index is 3.66. The number of halogens is 1. The van der Waals surface area contributed by atoms with E-state index < -0.39 is 0 Å². The highest BCUT2D eigenvalue weighted by atomic mass is 79.9. The van der Waals surface area contributed by atoms with Gasteiger partial charge in [-0.25, -0.2) is 0 Å². The summed E-state index contributed by atoms with van der Waals surface area (Å²) in [7, 11) is 2.25. The van der Waals surface area contributed by atoms with Crippen LogP contribution in [0.4, 0.5) is 0 Å². The van der Waals surface area contributed by atoms with Gasteiger partial charge in [-0.3, -0.25) is 0 Å². The number of piperidine rings is 1. The SMILES string of the molecule is C[C@H](NCC1CCCCN1C)c1cccc(Br)c1. The zero-order valence-corrected chi connectivity index (χ0v) is 12.9. The van der Waals surface area contributed by atoms with Gasteiger partial charge in [0.1, 0.15) is 0 Å². The van der Waals surface area contributed by atoms with E-state index in [2.05, 4.69) is 64.4 Å². The summed E-state index contributed by atoms with van der Waals surface area (Å²) in [5.41, 5.74) is 1.35. The molecule has 1 aliphatic rings. The van der Waals surface area contributed by atoms with Gasteiger partial charge in [-0.1, -0.05) is 34.5 Å². The van der Waals surface area contributed by atoms with Gasteiger partial charge in [0.05, 0.1) is 0 Å². The summed E-state index contributed by atoms with van der Waals surface area (Å²) in [5, 5.41) is 3.66. The van der Waals surface area contributed by atoms with Crippen LogP contribution in [0.1, 0.15) is 37.8 Å². The number of likely N-dealkylation sites (N-methyl/N-ethyl adjacent to an activating group) is 1. The summed E-state index contributed by atoms with van der Waals surface area (Å²) in [6.45, 7) is 4.58. The molecule has 1 heterocycles. The molecule has 3 heteroatoms. The van der Waals surface area contributed by atoms with Crippen LogP contribution < -0.4 is 5.32 Å². The molecule has 0 bridgehead atoms. The van der Waals surface area contributed by atoms with Crippen LogP contribution in [0.25, 0.3) is 0 Å². The number of nitrogens with zero attached hydrogens (tertiary/aromatic N) is 1. The van der Waals surface area contributed by atoms with E-state index in [1.165, 1.54) is 31.4 Å². The van der Waals surface area contributed by atoms with Crippen LogP contribution >= 0.6 is 15.9 Å². The molecule has 2 rings (SSSR count). The van der Waals surface area contributed by atoms with Crippen molar-refractivity contribution in [2.24, 2.45) is 0 Å². The second-order valence-electron chi connectivity index (χ2n) is 5.32. The first-order chi connectivity index (χ1) is 8.66. The summed E-state index contributed by atoms with van der Waals surface area (Å²) in [6, 6.07) is 9.68. The van der Waals surface area contributed by atoms with Gasteiger partial charge in [0, 0.05) is 23.1 Å². The molecule has 0 aromatic heterocycles. The molecule has 2 nitrogen and oxygen atoms in total. The maximum atomic E-state index is 3.66. The molecular weight excluding hydrogens is 288 g/mol. The number of hydrogen-bond donors (Lipinski definition) is 1. The lowest BCUT2D eigenvalue weighted by Crippen LogP contribution is -2.43. The van der Waals surface area contributed by atoms with Gasteiger partial charge >= 0.3 is 0 Å². The molecule has 0 saturated carbocycles. The van der Waals surface area contributed by atoms with Crippen molar-refractivity contribution >= 4 is 15.9 Å². The Morgan fingerprint density at radius 2 is 2.28 bits per heavy atom. The summed E-state index contributed by atoms with van der Waals surface area (Å²) in [4.78, 5) is 2.49. The fraction of sp³-hybridized carbons (Fsp3) is 0.600. The van der Waals surface area contributed by atoms with E-state index in [0.29, 0.717) is 12.1 Å². The highest BCUT2D eigenvalue weighted by Gasteiger charge is 2.19. The molecule has 0 amide bonds. The van der Waals surface area contributed by atoms with Crippen LogP contribution in [0, 0.1) is 0 Å². The van der Waals surface area contributed by atoms with Crippen LogP contribution in [0.15, 0.2) is 28.7 Å². The molecule has 0 spiro atoms. The van der Waals surface area contributed by atoms with Crippen molar-refractivity contribution in [2.45, 2.75) is 38.3 Å². The standard InChI is InChI=1S/C15H23BrN2/c1-12(13-6-5-7-14(16)10-13)17-11-15-8-3-4-9-18(15)2/h5-7,10,12,15,17H,3-4,8-9,11H2,1-2H3/t12-,15?/m0/s1. The molecule has 1 N–H and O–H groups in total. The first-order valence-corrected chi connectivity index (χ1v) is 7.65. The zero-order chi connectivity index (χ0) is 13.0. The van der Waals surface area contributed by atoms with E-state index in [9.17, 15) is 0 Å². The predicted octanol–water partition coefficient (Wildman–Crippen LogP) is 3.58. The van der Waals surface area contributed by atoms with Crippen molar-refractivity contribution in [3.63, 3.8) is 0 Å². The second-order valence-corrected chi connectivity index (χ2v) is 6.23. The third-order valence-electron chi connectivity index (χ3n) is 3.93. The average molecular weight is 311 g/mol. The van der Waals surface area contributed by atoms with Gasteiger partial charge in [-0.05, 0) is 51.1 Å². The largest absolute Gasteiger partial charge is 0.309 e. The number of benzene rings is 1. The van der Waals surface area contributed by atoms with Crippen LogP contribution in [0.3, 0.4) is 0 Å². The normalized spacial score (nSPS) is 22.9. The van der Waals surface area contributed by atoms with Crippen molar-refractivity contribution in [2.75, 3.05) is 20.1 Å². The van der Waals surface area contributed by atoms with Gasteiger partial charge in [0.25, 0.3) is 0 Å². The van der Waals surface area contributed by atoms with Crippen molar-refractivity contribution < 1.29 is 0 Å². The Labute approximate surface area is 119 Å². The van der Waals surface area contributed by atoms with Crippen LogP contribution in [0.2, 0.25) is 0 Å². The monoisotopic (exact) mass is 310 g/mol. The smallest absolute Gasteiger partial charge is 0.0292 e. The topological polar surface area (TPSA) is 15.3 Å². The number of nitrogens with one attached hydrogen (secondary N) is 1. The molecule has 1 aromatic carbocycles. The Bertz CT molecular complexity index is 381. The molecular formula is C15H23BrN2. The van der Waals surface area contributed by atoms with Gasteiger partial charge in [0.2, 0.25) is 0 Å². The Balaban J connectivity index is 1.86. The van der Waals surface area contributed by atoms with Crippen molar-refractivity contribution in [3.05, 3.63) is 34.3 Å². The van der Waals surface area contributed by atoms with E-state index in [1.54, 1.807) is 0 Å². The van der Waals surface area contributed by atoms with Crippen molar-refractivity contribution in [1.82, 2.24) is 10.2 Å². The van der Waals surface area contributed by atoms with Crippen molar-refractivity contribution in [1.29, 1.82) is 0 Å². The zero-order valence-electron chi connectivity index (χ0n) is 11.3. The predicted molar refractivity (Wildman–Crippen MR) is 80.8 cm³/mol. The third-order valence-corrected chi connectivity index (χ3v) is 4.42. The quantitative estimate of drug-likeness (QED) is 0.914. The van der Waals surface area contributed by atoms with Gasteiger partial charge in [0.15, 0.2) is 0 Å². The van der Waals surface area contributed by atoms with Gasteiger partial charge in [-0.2, -0.15) is 0 Å². The third kappa shape index (κ3) is 3.81. The molecule has 1 fully saturated rings. The molecule has 1 saturated heterocycles. The molecule has 1 aromatic rings. The lowest BCUT2D eigenvalue weighted by molar-refractivity contribution is 0.178. The van der Waals surface area contributed by atoms with E-state index in [4.69, 9.17) is 0 Å². The van der Waals surface area contributed by atoms with Gasteiger partial charge in [-0.15, -0.1) is 0 Å². The molecule has 0 radical (unpaired) electrons. The Morgan fingerprint density at radius 3 is 3.00 bits per heavy atom. The molecule has 2 atom stereocenters. The number of rotatable bonds is 4. The Hall–Kier alpha value is -0.380. The van der Waals surface area contributed by atoms with Crippen molar-refractivity contribution in [3.8, 4) is 0 Å². The first-order valence-electron chi connectivity index (χ1n) is 6.86. The summed E-state index contributed by atoms with van der Waals surface area (Å²) in [5.74, 6) is 0. The fourth-order valence-electron chi connectivity index (χ4n) is 2.61. The van der Waals surface area contributed by atoms with Gasteiger partial charge < -0.3 is 10.2 Å². The van der Waals surface area contributed by atoms with E-state index in [0.717, 1.165) is 11.0 Å². The van der Waals surface area contributed by atoms with Crippen LogP contribution in [-0.2, 0) is 0 Å². The minimum Gasteiger partial charge on any atom is -0.309 e. The fourth-order valence-corrected chi connectivity index (χ4v) is 3.03. The summed E-state index contributed by atoms with van der Waals surface area (Å²) in [6.07, 6.45) is 4.06. The van der Waals surface area contributed by atoms with Crippen LogP contribution in [0.5, 0.6) is 0 Å². The first kappa shape index (κ1) is 14.0.